The van der Waals surface area contributed by atoms with E-state index in [-0.39, 0.29) is 92.0 Å². The molecule has 19 heteroatoms. The number of nitrogens with two attached hydrogens (primary N) is 1. The van der Waals surface area contributed by atoms with E-state index in [1.54, 1.807) is 34.1 Å². The van der Waals surface area contributed by atoms with Crippen LogP contribution in [0.25, 0.3) is 0 Å². The van der Waals surface area contributed by atoms with Crippen molar-refractivity contribution < 1.29 is 48.1 Å². The highest BCUT2D eigenvalue weighted by atomic mass is 35.5. The van der Waals surface area contributed by atoms with Gasteiger partial charge in [0.15, 0.2) is 11.6 Å². The first-order chi connectivity index (χ1) is 39.1. The van der Waals surface area contributed by atoms with Crippen LogP contribution in [0.5, 0.6) is 11.5 Å². The second-order valence-electron chi connectivity index (χ2n) is 23.1. The lowest BCUT2D eigenvalue weighted by molar-refractivity contribution is -0.156. The summed E-state index contributed by atoms with van der Waals surface area (Å²) in [5.41, 5.74) is 7.41. The van der Waals surface area contributed by atoms with Gasteiger partial charge in [0.05, 0.1) is 57.5 Å². The standard InChI is InChI=1S/C34H44Cl2N2O5.C29H35Cl2N3O5/c1-23-20-30-33(41)37(18-16-25(38(30)22-23)17-19-42-26-8-6-5-7-9-26)29(13-15-32(40)43-34(2,3)4)31(39)14-11-24-10-12-27(35)28(36)21-24;30-23-8-6-19(16-24(23)31)7-10-27(35)25(9-11-28(36)37)33-14-12-21(13-15-39-22-4-2-1-3-5-22)34-18-20(32)17-26(34)29(33)38/h5-10,12,21,23,25,29-30H,11,13-20,22H2,1-4H3;1-6,8,16,20-21,25-26H,7,9-15,17-18,32H2,(H,36,37)/t23-,25?,29-,30+;20-,21?,25-,26+/m11/s1. The fraction of sp³-hybridized carbons (Fsp3) is 0.524. The normalized spacial score (nSPS) is 22.0. The summed E-state index contributed by atoms with van der Waals surface area (Å²) < 4.78 is 17.5. The van der Waals surface area contributed by atoms with Gasteiger partial charge in [-0.05, 0) is 151 Å². The molecule has 2 unspecified atom stereocenters. The smallest absolute Gasteiger partial charge is 0.306 e. The van der Waals surface area contributed by atoms with E-state index in [2.05, 4.69) is 16.7 Å². The lowest BCUT2D eigenvalue weighted by atomic mass is 9.97. The Morgan fingerprint density at radius 2 is 1.07 bits per heavy atom. The van der Waals surface area contributed by atoms with Crippen molar-refractivity contribution in [1.29, 1.82) is 0 Å². The highest BCUT2D eigenvalue weighted by Gasteiger charge is 2.47. The molecule has 4 aliphatic heterocycles. The van der Waals surface area contributed by atoms with E-state index < -0.39 is 29.7 Å². The maximum absolute atomic E-state index is 14.1. The molecule has 8 atom stereocenters. The van der Waals surface area contributed by atoms with E-state index in [9.17, 15) is 33.9 Å². The van der Waals surface area contributed by atoms with Crippen molar-refractivity contribution in [2.24, 2.45) is 11.7 Å². The van der Waals surface area contributed by atoms with Gasteiger partial charge in [-0.3, -0.25) is 38.6 Å². The minimum absolute atomic E-state index is 0.0205. The second-order valence-corrected chi connectivity index (χ2v) is 24.8. The van der Waals surface area contributed by atoms with E-state index >= 15 is 0 Å². The first-order valence-electron chi connectivity index (χ1n) is 28.7. The number of nitrogens with zero attached hydrogens (tertiary/aromatic N) is 4. The Hall–Kier alpha value is -5.26. The number of carbonyl (C=O) groups is 6. The molecule has 0 spiro atoms. The average Bonchev–Trinajstić information content (AvgIpc) is 3.91. The molecule has 2 amide bonds. The van der Waals surface area contributed by atoms with Gasteiger partial charge in [-0.25, -0.2) is 0 Å². The maximum Gasteiger partial charge on any atom is 0.306 e. The SMILES string of the molecule is C[C@@H]1C[C@H]2C(=O)N([C@H](CCC(=O)OC(C)(C)C)C(=O)CCc3ccc(Cl)c(Cl)c3)CCC(CCOc3ccccc3)N2C1.N[C@@H]1C[C@H]2C(=O)N([C@H](CCC(=O)O)C(=O)CCc3ccc(Cl)c(Cl)c3)CCC(CCOc3ccccc3)N2C1. The molecule has 0 saturated carbocycles. The summed E-state index contributed by atoms with van der Waals surface area (Å²) in [6.45, 7) is 10.9. The minimum atomic E-state index is -1.000. The largest absolute Gasteiger partial charge is 0.494 e. The highest BCUT2D eigenvalue weighted by Crippen LogP contribution is 2.35. The molecule has 0 aliphatic carbocycles. The fourth-order valence-electron chi connectivity index (χ4n) is 11.8. The van der Waals surface area contributed by atoms with Crippen molar-refractivity contribution in [1.82, 2.24) is 19.6 Å². The number of aliphatic carboxylic acids is 1. The third kappa shape index (κ3) is 18.6. The number of ether oxygens (including phenoxy) is 3. The molecule has 4 saturated heterocycles. The van der Waals surface area contributed by atoms with Gasteiger partial charge < -0.3 is 34.9 Å². The molecule has 4 aromatic rings. The Morgan fingerprint density at radius 1 is 0.622 bits per heavy atom. The van der Waals surface area contributed by atoms with Gasteiger partial charge in [0.2, 0.25) is 11.8 Å². The third-order valence-electron chi connectivity index (χ3n) is 15.8. The van der Waals surface area contributed by atoms with Crippen LogP contribution in [-0.4, -0.2) is 147 Å². The minimum Gasteiger partial charge on any atom is -0.494 e. The average molecular weight is 1210 g/mol. The zero-order valence-electron chi connectivity index (χ0n) is 47.5. The monoisotopic (exact) mass is 1210 g/mol. The van der Waals surface area contributed by atoms with Gasteiger partial charge in [-0.1, -0.05) is 102 Å². The van der Waals surface area contributed by atoms with Crippen LogP contribution in [0.1, 0.15) is 116 Å². The number of aryl methyl sites for hydroxylation is 2. The summed E-state index contributed by atoms with van der Waals surface area (Å²) in [5, 5.41) is 11.1. The second kappa shape index (κ2) is 30.5. The topological polar surface area (TPSA) is 189 Å². The molecule has 4 aromatic carbocycles. The lowest BCUT2D eigenvalue weighted by Crippen LogP contribution is -2.51. The summed E-state index contributed by atoms with van der Waals surface area (Å²) >= 11 is 24.4. The molecule has 0 aromatic heterocycles. The number of carboxylic acid groups (broad SMARTS) is 1. The van der Waals surface area contributed by atoms with Crippen LogP contribution < -0.4 is 15.2 Å². The highest BCUT2D eigenvalue weighted by molar-refractivity contribution is 6.42. The molecular weight excluding hydrogens is 1130 g/mol. The van der Waals surface area contributed by atoms with Gasteiger partial charge in [-0.15, -0.1) is 0 Å². The fourth-order valence-corrected chi connectivity index (χ4v) is 12.5. The molecule has 3 N–H and O–H groups in total. The number of Topliss-reactive ketones (excluding diaryl/α,β-unsaturated/α-hetero) is 2. The quantitative estimate of drug-likeness (QED) is 0.0631. The Bertz CT molecular complexity index is 2810. The van der Waals surface area contributed by atoms with Crippen molar-refractivity contribution in [3.63, 3.8) is 0 Å². The van der Waals surface area contributed by atoms with E-state index in [0.717, 1.165) is 48.4 Å². The van der Waals surface area contributed by atoms with Crippen LogP contribution >= 0.6 is 46.4 Å². The molecular formula is C63H79Cl4N5O10. The van der Waals surface area contributed by atoms with Gasteiger partial charge in [-0.2, -0.15) is 0 Å². The summed E-state index contributed by atoms with van der Waals surface area (Å²) in [6.07, 6.45) is 5.56. The number of ketones is 2. The van der Waals surface area contributed by atoms with Crippen LogP contribution in [0.3, 0.4) is 0 Å². The van der Waals surface area contributed by atoms with E-state index in [1.807, 2.05) is 93.6 Å². The van der Waals surface area contributed by atoms with Crippen LogP contribution in [-0.2, 0) is 46.3 Å². The van der Waals surface area contributed by atoms with E-state index in [1.165, 1.54) is 0 Å². The van der Waals surface area contributed by atoms with Crippen LogP contribution in [0.2, 0.25) is 20.1 Å². The predicted molar refractivity (Wildman–Crippen MR) is 320 cm³/mol. The number of halogens is 4. The molecule has 82 heavy (non-hydrogen) atoms. The Balaban J connectivity index is 0.000000237. The number of hydrogen-bond donors (Lipinski definition) is 2. The molecule has 0 radical (unpaired) electrons. The number of rotatable bonds is 24. The molecule has 0 bridgehead atoms. The number of amides is 2. The van der Waals surface area contributed by atoms with E-state index in [4.69, 9.17) is 66.3 Å². The number of benzene rings is 4. The van der Waals surface area contributed by atoms with Crippen molar-refractivity contribution in [3.05, 3.63) is 128 Å². The lowest BCUT2D eigenvalue weighted by Gasteiger charge is -2.32. The van der Waals surface area contributed by atoms with Gasteiger partial charge in [0.1, 0.15) is 17.1 Å². The zero-order valence-corrected chi connectivity index (χ0v) is 50.5. The summed E-state index contributed by atoms with van der Waals surface area (Å²) in [4.78, 5) is 87.3. The van der Waals surface area contributed by atoms with E-state index in [0.29, 0.717) is 91.0 Å². The van der Waals surface area contributed by atoms with Crippen molar-refractivity contribution in [3.8, 4) is 11.5 Å². The summed E-state index contributed by atoms with van der Waals surface area (Å²) in [6, 6.07) is 27.7. The maximum atomic E-state index is 14.1. The molecule has 15 nitrogen and oxygen atoms in total. The number of carbonyl (C=O) groups excluding carboxylic acids is 5. The van der Waals surface area contributed by atoms with Gasteiger partial charge in [0, 0.05) is 70.0 Å². The molecule has 4 aliphatic rings. The number of carboxylic acids is 1. The molecule has 4 heterocycles. The van der Waals surface area contributed by atoms with Crippen LogP contribution in [0.4, 0.5) is 0 Å². The first kappa shape index (κ1) is 64.3. The van der Waals surface area contributed by atoms with Crippen LogP contribution in [0, 0.1) is 5.92 Å². The van der Waals surface area contributed by atoms with Gasteiger partial charge >= 0.3 is 11.9 Å². The summed E-state index contributed by atoms with van der Waals surface area (Å²) in [7, 11) is 0. The first-order valence-corrected chi connectivity index (χ1v) is 30.3. The van der Waals surface area contributed by atoms with Crippen LogP contribution in [0.15, 0.2) is 97.1 Å². The number of esters is 1. The summed E-state index contributed by atoms with van der Waals surface area (Å²) in [5.74, 6) is 0.235. The van der Waals surface area contributed by atoms with Crippen molar-refractivity contribution in [2.45, 2.75) is 165 Å². The predicted octanol–water partition coefficient (Wildman–Crippen LogP) is 11.0. The van der Waals surface area contributed by atoms with Crippen molar-refractivity contribution >= 4 is 81.7 Å². The Kier molecular flexibility index (Phi) is 23.9. The third-order valence-corrected chi connectivity index (χ3v) is 17.3. The van der Waals surface area contributed by atoms with Gasteiger partial charge in [0.25, 0.3) is 0 Å². The Morgan fingerprint density at radius 3 is 1.52 bits per heavy atom. The Labute approximate surface area is 503 Å². The number of para-hydroxylation sites is 2. The molecule has 4 fully saturated rings. The van der Waals surface area contributed by atoms with Crippen molar-refractivity contribution in [2.75, 3.05) is 39.4 Å². The zero-order chi connectivity index (χ0) is 59.1. The number of fused-ring (bicyclic) bond motifs is 2. The molecule has 8 rings (SSSR count). The number of hydrogen-bond acceptors (Lipinski definition) is 12. The molecule has 444 valence electrons.